The molecule has 1 aliphatic carbocycles. The van der Waals surface area contributed by atoms with Crippen LogP contribution in [0.5, 0.6) is 0 Å². The first-order valence-corrected chi connectivity index (χ1v) is 12.9. The molecular weight excluding hydrogens is 434 g/mol. The summed E-state index contributed by atoms with van der Waals surface area (Å²) in [6, 6.07) is 34.0. The predicted molar refractivity (Wildman–Crippen MR) is 155 cm³/mol. The normalized spacial score (nSPS) is 13.5. The van der Waals surface area contributed by atoms with Crippen molar-refractivity contribution in [3.63, 3.8) is 0 Å². The fourth-order valence-electron chi connectivity index (χ4n) is 6.26. The Kier molecular flexibility index (Phi) is 5.09. The third-order valence-corrected chi connectivity index (χ3v) is 7.96. The standard InChI is InChI=1S/C35H33N/c1-22-11-14-27(15-12-22)36(34-24(3)19-23(2)20-25(34)4)28-16-17-30-32(21-28)35(5,6)31-18-13-26-9-7-8-10-29(26)33(30)31/h7-21H,1-6H3. The number of hydrogen-bond acceptors (Lipinski definition) is 1. The van der Waals surface area contributed by atoms with E-state index in [1.165, 1.54) is 72.3 Å². The summed E-state index contributed by atoms with van der Waals surface area (Å²) >= 11 is 0. The molecule has 0 radical (unpaired) electrons. The van der Waals surface area contributed by atoms with Gasteiger partial charge in [0.15, 0.2) is 0 Å². The van der Waals surface area contributed by atoms with Crippen LogP contribution in [0.3, 0.4) is 0 Å². The van der Waals surface area contributed by atoms with Crippen LogP contribution in [0.25, 0.3) is 21.9 Å². The van der Waals surface area contributed by atoms with E-state index in [0.717, 1.165) is 0 Å². The first kappa shape index (κ1) is 22.6. The summed E-state index contributed by atoms with van der Waals surface area (Å²) in [6.45, 7) is 13.5. The Balaban J connectivity index is 1.60. The summed E-state index contributed by atoms with van der Waals surface area (Å²) < 4.78 is 0. The van der Waals surface area contributed by atoms with Crippen LogP contribution in [-0.2, 0) is 5.41 Å². The molecule has 1 aliphatic rings. The molecular formula is C35H33N. The van der Waals surface area contributed by atoms with E-state index in [-0.39, 0.29) is 5.41 Å². The van der Waals surface area contributed by atoms with Gasteiger partial charge in [0.05, 0.1) is 5.69 Å². The molecule has 5 aromatic rings. The van der Waals surface area contributed by atoms with Crippen LogP contribution < -0.4 is 4.90 Å². The van der Waals surface area contributed by atoms with Gasteiger partial charge in [0.25, 0.3) is 0 Å². The zero-order chi connectivity index (χ0) is 25.2. The molecule has 0 N–H and O–H groups in total. The van der Waals surface area contributed by atoms with Crippen molar-refractivity contribution >= 4 is 27.8 Å². The van der Waals surface area contributed by atoms with Crippen LogP contribution in [0, 0.1) is 27.7 Å². The molecule has 0 spiro atoms. The molecule has 0 fully saturated rings. The van der Waals surface area contributed by atoms with Gasteiger partial charge in [-0.15, -0.1) is 0 Å². The lowest BCUT2D eigenvalue weighted by molar-refractivity contribution is 0.661. The van der Waals surface area contributed by atoms with Gasteiger partial charge >= 0.3 is 0 Å². The number of rotatable bonds is 3. The predicted octanol–water partition coefficient (Wildman–Crippen LogP) is 9.85. The molecule has 0 aromatic heterocycles. The number of nitrogens with zero attached hydrogens (tertiary/aromatic N) is 1. The van der Waals surface area contributed by atoms with Crippen LogP contribution in [0.1, 0.15) is 47.2 Å². The Hall–Kier alpha value is -3.84. The molecule has 0 aliphatic heterocycles. The number of aryl methyl sites for hydroxylation is 4. The van der Waals surface area contributed by atoms with E-state index in [1.807, 2.05) is 0 Å². The average Bonchev–Trinajstić information content (AvgIpc) is 3.08. The van der Waals surface area contributed by atoms with E-state index >= 15 is 0 Å². The summed E-state index contributed by atoms with van der Waals surface area (Å²) in [5.74, 6) is 0. The maximum atomic E-state index is 2.45. The number of benzene rings is 5. The molecule has 0 saturated heterocycles. The van der Waals surface area contributed by atoms with Crippen molar-refractivity contribution in [2.75, 3.05) is 4.90 Å². The Morgan fingerprint density at radius 2 is 1.25 bits per heavy atom. The van der Waals surface area contributed by atoms with Gasteiger partial charge in [-0.25, -0.2) is 0 Å². The third-order valence-electron chi connectivity index (χ3n) is 7.96. The lowest BCUT2D eigenvalue weighted by Crippen LogP contribution is -2.17. The molecule has 0 bridgehead atoms. The molecule has 6 rings (SSSR count). The summed E-state index contributed by atoms with van der Waals surface area (Å²) in [5, 5.41) is 2.64. The highest BCUT2D eigenvalue weighted by Crippen LogP contribution is 2.53. The Bertz CT molecular complexity index is 1610. The van der Waals surface area contributed by atoms with Crippen molar-refractivity contribution in [2.24, 2.45) is 0 Å². The quantitative estimate of drug-likeness (QED) is 0.255. The van der Waals surface area contributed by atoms with Crippen molar-refractivity contribution in [3.05, 3.63) is 124 Å². The zero-order valence-electron chi connectivity index (χ0n) is 22.1. The van der Waals surface area contributed by atoms with E-state index < -0.39 is 0 Å². The minimum absolute atomic E-state index is 0.0684. The van der Waals surface area contributed by atoms with Gasteiger partial charge in [-0.1, -0.05) is 91.7 Å². The van der Waals surface area contributed by atoms with Crippen molar-refractivity contribution in [1.29, 1.82) is 0 Å². The molecule has 0 saturated carbocycles. The highest BCUT2D eigenvalue weighted by Gasteiger charge is 2.37. The third kappa shape index (κ3) is 3.38. The summed E-state index contributed by atoms with van der Waals surface area (Å²) in [4.78, 5) is 2.45. The first-order chi connectivity index (χ1) is 17.3. The molecule has 1 heteroatoms. The fourth-order valence-corrected chi connectivity index (χ4v) is 6.26. The van der Waals surface area contributed by atoms with Crippen LogP contribution in [0.2, 0.25) is 0 Å². The van der Waals surface area contributed by atoms with E-state index in [0.29, 0.717) is 0 Å². The summed E-state index contributed by atoms with van der Waals surface area (Å²) in [5.41, 5.74) is 14.3. The van der Waals surface area contributed by atoms with Crippen molar-refractivity contribution in [1.82, 2.24) is 0 Å². The molecule has 0 unspecified atom stereocenters. The fraction of sp³-hybridized carbons (Fsp3) is 0.200. The van der Waals surface area contributed by atoms with Crippen LogP contribution >= 0.6 is 0 Å². The molecule has 36 heavy (non-hydrogen) atoms. The van der Waals surface area contributed by atoms with Crippen molar-refractivity contribution in [2.45, 2.75) is 47.0 Å². The van der Waals surface area contributed by atoms with E-state index in [9.17, 15) is 0 Å². The molecule has 1 nitrogen and oxygen atoms in total. The monoisotopic (exact) mass is 467 g/mol. The average molecular weight is 468 g/mol. The van der Waals surface area contributed by atoms with E-state index in [2.05, 4.69) is 137 Å². The van der Waals surface area contributed by atoms with Gasteiger partial charge in [0.2, 0.25) is 0 Å². The van der Waals surface area contributed by atoms with E-state index in [4.69, 9.17) is 0 Å². The Morgan fingerprint density at radius 1 is 0.583 bits per heavy atom. The lowest BCUT2D eigenvalue weighted by Gasteiger charge is -2.30. The second-order valence-electron chi connectivity index (χ2n) is 11.0. The minimum atomic E-state index is -0.0684. The van der Waals surface area contributed by atoms with Gasteiger partial charge in [-0.3, -0.25) is 0 Å². The Labute approximate surface area is 215 Å². The van der Waals surface area contributed by atoms with Gasteiger partial charge in [-0.2, -0.15) is 0 Å². The van der Waals surface area contributed by atoms with Crippen LogP contribution in [-0.4, -0.2) is 0 Å². The second kappa shape index (κ2) is 8.10. The lowest BCUT2D eigenvalue weighted by atomic mass is 9.82. The zero-order valence-corrected chi connectivity index (χ0v) is 22.1. The van der Waals surface area contributed by atoms with Gasteiger partial charge in [0.1, 0.15) is 0 Å². The van der Waals surface area contributed by atoms with Crippen LogP contribution in [0.15, 0.2) is 91.0 Å². The van der Waals surface area contributed by atoms with Crippen molar-refractivity contribution < 1.29 is 0 Å². The summed E-state index contributed by atoms with van der Waals surface area (Å²) in [7, 11) is 0. The Morgan fingerprint density at radius 3 is 1.97 bits per heavy atom. The molecule has 0 atom stereocenters. The SMILES string of the molecule is Cc1ccc(N(c2ccc3c(c2)C(C)(C)c2ccc4ccccc4c2-3)c2c(C)cc(C)cc2C)cc1. The highest BCUT2D eigenvalue weighted by atomic mass is 15.1. The van der Waals surface area contributed by atoms with Gasteiger partial charge in [0, 0.05) is 16.8 Å². The topological polar surface area (TPSA) is 3.24 Å². The van der Waals surface area contributed by atoms with E-state index in [1.54, 1.807) is 0 Å². The number of anilines is 3. The minimum Gasteiger partial charge on any atom is -0.310 e. The second-order valence-corrected chi connectivity index (χ2v) is 11.0. The molecule has 5 aromatic carbocycles. The summed E-state index contributed by atoms with van der Waals surface area (Å²) in [6.07, 6.45) is 0. The molecule has 0 heterocycles. The highest BCUT2D eigenvalue weighted by molar-refractivity contribution is 6.03. The van der Waals surface area contributed by atoms with Gasteiger partial charge < -0.3 is 4.90 Å². The first-order valence-electron chi connectivity index (χ1n) is 12.9. The van der Waals surface area contributed by atoms with Crippen molar-refractivity contribution in [3.8, 4) is 11.1 Å². The molecule has 0 amide bonds. The maximum absolute atomic E-state index is 2.45. The smallest absolute Gasteiger partial charge is 0.0520 e. The molecule has 178 valence electrons. The van der Waals surface area contributed by atoms with Gasteiger partial charge in [-0.05, 0) is 96.1 Å². The largest absolute Gasteiger partial charge is 0.310 e. The van der Waals surface area contributed by atoms with Crippen LogP contribution in [0.4, 0.5) is 17.1 Å². The number of hydrogen-bond donors (Lipinski definition) is 0. The maximum Gasteiger partial charge on any atom is 0.0520 e. The number of fused-ring (bicyclic) bond motifs is 5.